The van der Waals surface area contributed by atoms with E-state index in [-0.39, 0.29) is 5.91 Å². The van der Waals surface area contributed by atoms with Crippen molar-refractivity contribution >= 4 is 38.5 Å². The van der Waals surface area contributed by atoms with Crippen molar-refractivity contribution in [3.8, 4) is 0 Å². The smallest absolute Gasteiger partial charge is 0.260 e. The van der Waals surface area contributed by atoms with Gasteiger partial charge in [0.05, 0.1) is 5.56 Å². The van der Waals surface area contributed by atoms with Crippen molar-refractivity contribution in [3.05, 3.63) is 22.6 Å². The molecular formula is C6H3BrN4O2S. The summed E-state index contributed by atoms with van der Waals surface area (Å²) in [5.41, 5.74) is 0.409. The van der Waals surface area contributed by atoms with Gasteiger partial charge in [-0.05, 0) is 21.1 Å². The van der Waals surface area contributed by atoms with Gasteiger partial charge in [0.25, 0.3) is 5.91 Å². The van der Waals surface area contributed by atoms with Crippen LogP contribution >= 0.6 is 27.5 Å². The highest BCUT2D eigenvalue weighted by Gasteiger charge is 2.10. The summed E-state index contributed by atoms with van der Waals surface area (Å²) in [5, 5.41) is 9.79. The number of hydrogen-bond donors (Lipinski definition) is 1. The fourth-order valence-corrected chi connectivity index (χ4v) is 1.48. The Hall–Kier alpha value is -1.28. The minimum atomic E-state index is -0.307. The monoisotopic (exact) mass is 274 g/mol. The highest BCUT2D eigenvalue weighted by molar-refractivity contribution is 9.10. The Bertz CT molecular complexity index is 440. The molecular weight excluding hydrogens is 272 g/mol. The summed E-state index contributed by atoms with van der Waals surface area (Å²) in [4.78, 5) is 11.4. The Morgan fingerprint density at radius 3 is 3.07 bits per heavy atom. The summed E-state index contributed by atoms with van der Waals surface area (Å²) in [7, 11) is 0. The maximum atomic E-state index is 11.4. The van der Waals surface area contributed by atoms with E-state index in [0.717, 1.165) is 11.5 Å². The Kier molecular flexibility index (Phi) is 2.55. The summed E-state index contributed by atoms with van der Waals surface area (Å²) < 4.78 is 8.92. The molecule has 14 heavy (non-hydrogen) atoms. The third-order valence-corrected chi connectivity index (χ3v) is 2.28. The van der Waals surface area contributed by atoms with Crippen LogP contribution in [0.5, 0.6) is 0 Å². The molecule has 0 bridgehead atoms. The predicted octanol–water partition coefficient (Wildman–Crippen LogP) is 1.54. The molecule has 72 valence electrons. The summed E-state index contributed by atoms with van der Waals surface area (Å²) in [6, 6.07) is 1.56. The first-order valence-electron chi connectivity index (χ1n) is 3.46. The molecule has 0 radical (unpaired) electrons. The van der Waals surface area contributed by atoms with Crippen LogP contribution < -0.4 is 5.32 Å². The van der Waals surface area contributed by atoms with Crippen molar-refractivity contribution in [1.82, 2.24) is 14.8 Å². The van der Waals surface area contributed by atoms with Crippen molar-refractivity contribution in [3.63, 3.8) is 0 Å². The van der Waals surface area contributed by atoms with Crippen LogP contribution in [-0.2, 0) is 0 Å². The molecule has 1 N–H and O–H groups in total. The van der Waals surface area contributed by atoms with Crippen LogP contribution in [0.4, 0.5) is 5.13 Å². The van der Waals surface area contributed by atoms with Crippen LogP contribution in [0, 0.1) is 0 Å². The molecule has 8 heteroatoms. The zero-order chi connectivity index (χ0) is 9.97. The molecule has 0 aliphatic carbocycles. The normalized spacial score (nSPS) is 10.1. The second-order valence-electron chi connectivity index (χ2n) is 2.26. The lowest BCUT2D eigenvalue weighted by Gasteiger charge is -1.94. The van der Waals surface area contributed by atoms with Gasteiger partial charge in [-0.25, -0.2) is 0 Å². The standard InChI is InChI=1S/C6H3BrN4O2S/c7-4-1-3(2-13-4)5(12)8-6-9-10-11-14-6/h1-2H,(H,8,9,11,12). The SMILES string of the molecule is O=C(Nc1nnns1)c1coc(Br)c1. The fraction of sp³-hybridized carbons (Fsp3) is 0. The summed E-state index contributed by atoms with van der Waals surface area (Å²) >= 11 is 4.10. The number of anilines is 1. The lowest BCUT2D eigenvalue weighted by Crippen LogP contribution is -2.10. The van der Waals surface area contributed by atoms with E-state index < -0.39 is 0 Å². The van der Waals surface area contributed by atoms with E-state index in [9.17, 15) is 4.79 Å². The van der Waals surface area contributed by atoms with Crippen molar-refractivity contribution in [2.45, 2.75) is 0 Å². The number of carbonyl (C=O) groups excluding carboxylic acids is 1. The molecule has 0 unspecified atom stereocenters. The summed E-state index contributed by atoms with van der Waals surface area (Å²) in [6.45, 7) is 0. The zero-order valence-corrected chi connectivity index (χ0v) is 9.00. The number of furan rings is 1. The number of carbonyl (C=O) groups is 1. The van der Waals surface area contributed by atoms with Crippen LogP contribution in [-0.4, -0.2) is 20.7 Å². The molecule has 2 rings (SSSR count). The van der Waals surface area contributed by atoms with Crippen LogP contribution in [0.3, 0.4) is 0 Å². The quantitative estimate of drug-likeness (QED) is 0.899. The van der Waals surface area contributed by atoms with Gasteiger partial charge in [0.15, 0.2) is 4.67 Å². The van der Waals surface area contributed by atoms with E-state index in [4.69, 9.17) is 4.42 Å². The molecule has 0 saturated carbocycles. The molecule has 1 amide bonds. The minimum absolute atomic E-state index is 0.307. The van der Waals surface area contributed by atoms with Gasteiger partial charge in [-0.15, -0.1) is 0 Å². The average molecular weight is 275 g/mol. The van der Waals surface area contributed by atoms with Gasteiger partial charge in [-0.3, -0.25) is 10.1 Å². The Morgan fingerprint density at radius 2 is 2.50 bits per heavy atom. The zero-order valence-electron chi connectivity index (χ0n) is 6.60. The lowest BCUT2D eigenvalue weighted by molar-refractivity contribution is 0.102. The van der Waals surface area contributed by atoms with Gasteiger partial charge >= 0.3 is 0 Å². The van der Waals surface area contributed by atoms with E-state index >= 15 is 0 Å². The van der Waals surface area contributed by atoms with Gasteiger partial charge in [0.1, 0.15) is 6.26 Å². The largest absolute Gasteiger partial charge is 0.457 e. The van der Waals surface area contributed by atoms with Crippen LogP contribution in [0.1, 0.15) is 10.4 Å². The van der Waals surface area contributed by atoms with E-state index in [1.165, 1.54) is 6.26 Å². The second-order valence-corrected chi connectivity index (χ2v) is 3.78. The van der Waals surface area contributed by atoms with Gasteiger partial charge < -0.3 is 4.42 Å². The van der Waals surface area contributed by atoms with E-state index in [1.54, 1.807) is 6.07 Å². The molecule has 6 nitrogen and oxygen atoms in total. The number of rotatable bonds is 2. The first-order chi connectivity index (χ1) is 6.75. The van der Waals surface area contributed by atoms with E-state index in [0.29, 0.717) is 15.4 Å². The average Bonchev–Trinajstić information content (AvgIpc) is 2.75. The minimum Gasteiger partial charge on any atom is -0.457 e. The molecule has 0 aliphatic rings. The van der Waals surface area contributed by atoms with Gasteiger partial charge in [0, 0.05) is 17.6 Å². The van der Waals surface area contributed by atoms with Crippen LogP contribution in [0.15, 0.2) is 21.4 Å². The topological polar surface area (TPSA) is 80.9 Å². The maximum Gasteiger partial charge on any atom is 0.260 e. The highest BCUT2D eigenvalue weighted by atomic mass is 79.9. The third kappa shape index (κ3) is 1.96. The lowest BCUT2D eigenvalue weighted by atomic mass is 10.3. The molecule has 2 heterocycles. The van der Waals surface area contributed by atoms with E-state index in [1.807, 2.05) is 0 Å². The highest BCUT2D eigenvalue weighted by Crippen LogP contribution is 2.15. The molecule has 0 aliphatic heterocycles. The Morgan fingerprint density at radius 1 is 1.64 bits per heavy atom. The van der Waals surface area contributed by atoms with Crippen LogP contribution in [0.2, 0.25) is 0 Å². The van der Waals surface area contributed by atoms with Crippen molar-refractivity contribution < 1.29 is 9.21 Å². The van der Waals surface area contributed by atoms with Gasteiger partial charge in [-0.2, -0.15) is 0 Å². The van der Waals surface area contributed by atoms with Crippen molar-refractivity contribution in [2.75, 3.05) is 5.32 Å². The number of nitrogens with one attached hydrogen (secondary N) is 1. The Labute approximate surface area is 90.6 Å². The van der Waals surface area contributed by atoms with Gasteiger partial charge in [0.2, 0.25) is 5.13 Å². The second kappa shape index (κ2) is 3.84. The number of halogens is 1. The van der Waals surface area contributed by atoms with Crippen molar-refractivity contribution in [2.24, 2.45) is 0 Å². The maximum absolute atomic E-state index is 11.4. The molecule has 0 fully saturated rings. The first-order valence-corrected chi connectivity index (χ1v) is 5.03. The number of amides is 1. The van der Waals surface area contributed by atoms with Crippen molar-refractivity contribution in [1.29, 1.82) is 0 Å². The van der Waals surface area contributed by atoms with E-state index in [2.05, 4.69) is 36.0 Å². The summed E-state index contributed by atoms with van der Waals surface area (Å²) in [5.74, 6) is -0.307. The van der Waals surface area contributed by atoms with Gasteiger partial charge in [-0.1, -0.05) is 9.59 Å². The molecule has 0 atom stereocenters. The Balaban J connectivity index is 2.10. The molecule has 2 aromatic heterocycles. The predicted molar refractivity (Wildman–Crippen MR) is 52.1 cm³/mol. The number of nitrogens with zero attached hydrogens (tertiary/aromatic N) is 3. The summed E-state index contributed by atoms with van der Waals surface area (Å²) in [6.07, 6.45) is 1.34. The first kappa shape index (κ1) is 9.28. The van der Waals surface area contributed by atoms with Crippen LogP contribution in [0.25, 0.3) is 0 Å². The number of hydrogen-bond acceptors (Lipinski definition) is 6. The molecule has 0 saturated heterocycles. The molecule has 0 aromatic carbocycles. The fourth-order valence-electron chi connectivity index (χ4n) is 0.780. The molecule has 0 spiro atoms. The number of aromatic nitrogens is 3. The molecule has 2 aromatic rings. The third-order valence-electron chi connectivity index (χ3n) is 1.35.